The molecule has 152 valence electrons. The number of carbonyl (C=O) groups is 2. The molecule has 0 aromatic rings. The summed E-state index contributed by atoms with van der Waals surface area (Å²) in [6.45, 7) is 9.63. The molecule has 0 amide bonds. The van der Waals surface area contributed by atoms with Crippen LogP contribution in [0.25, 0.3) is 0 Å². The Morgan fingerprint density at radius 1 is 0.769 bits per heavy atom. The second-order valence-electron chi connectivity index (χ2n) is 8.04. The summed E-state index contributed by atoms with van der Waals surface area (Å²) in [5.74, 6) is -4.48. The maximum absolute atomic E-state index is 12.4. The predicted molar refractivity (Wildman–Crippen MR) is 95.0 cm³/mol. The van der Waals surface area contributed by atoms with Crippen molar-refractivity contribution in [3.63, 3.8) is 0 Å². The van der Waals surface area contributed by atoms with Gasteiger partial charge in [-0.15, -0.1) is 0 Å². The fourth-order valence-electron chi connectivity index (χ4n) is 3.53. The molecular formula is C19H34O7. The molecule has 7 heteroatoms. The summed E-state index contributed by atoms with van der Waals surface area (Å²) in [6.07, 6.45) is -5.23. The van der Waals surface area contributed by atoms with Gasteiger partial charge in [0.05, 0.1) is 24.2 Å². The van der Waals surface area contributed by atoms with Crippen molar-refractivity contribution in [1.29, 1.82) is 0 Å². The highest BCUT2D eigenvalue weighted by molar-refractivity contribution is 5.85. The number of ketones is 1. The maximum Gasteiger partial charge on any atom is 0.311 e. The number of aliphatic hydroxyl groups excluding tert-OH is 4. The number of rotatable bonds is 0. The second kappa shape index (κ2) is 9.26. The van der Waals surface area contributed by atoms with Gasteiger partial charge < -0.3 is 25.2 Å². The first-order valence-corrected chi connectivity index (χ1v) is 9.36. The predicted octanol–water partition coefficient (Wildman–Crippen LogP) is 0.515. The Morgan fingerprint density at radius 2 is 1.27 bits per heavy atom. The zero-order chi connectivity index (χ0) is 20.3. The maximum atomic E-state index is 12.4. The van der Waals surface area contributed by atoms with Gasteiger partial charge in [0.25, 0.3) is 0 Å². The highest BCUT2D eigenvalue weighted by Crippen LogP contribution is 2.28. The molecule has 0 saturated carbocycles. The van der Waals surface area contributed by atoms with E-state index in [1.54, 1.807) is 27.7 Å². The minimum Gasteiger partial charge on any atom is -0.462 e. The molecule has 0 spiro atoms. The summed E-state index contributed by atoms with van der Waals surface area (Å²) in [7, 11) is 0. The lowest BCUT2D eigenvalue weighted by Crippen LogP contribution is -2.46. The number of esters is 1. The van der Waals surface area contributed by atoms with Gasteiger partial charge in [0, 0.05) is 17.8 Å². The Labute approximate surface area is 155 Å². The van der Waals surface area contributed by atoms with Crippen LogP contribution >= 0.6 is 0 Å². The van der Waals surface area contributed by atoms with E-state index >= 15 is 0 Å². The van der Waals surface area contributed by atoms with E-state index in [0.29, 0.717) is 0 Å². The topological polar surface area (TPSA) is 124 Å². The molecule has 7 nitrogen and oxygen atoms in total. The van der Waals surface area contributed by atoms with Crippen molar-refractivity contribution in [3.05, 3.63) is 0 Å². The Hall–Kier alpha value is -1.02. The first-order chi connectivity index (χ1) is 11.9. The molecule has 0 bridgehead atoms. The van der Waals surface area contributed by atoms with Gasteiger partial charge in [0.15, 0.2) is 5.78 Å². The summed E-state index contributed by atoms with van der Waals surface area (Å²) in [5.41, 5.74) is 0. The zero-order valence-electron chi connectivity index (χ0n) is 16.5. The quantitative estimate of drug-likeness (QED) is 0.456. The third-order valence-corrected chi connectivity index (χ3v) is 6.01. The number of hydrogen-bond donors (Lipinski definition) is 4. The molecule has 1 heterocycles. The Kier molecular flexibility index (Phi) is 8.20. The summed E-state index contributed by atoms with van der Waals surface area (Å²) in [4.78, 5) is 24.8. The molecule has 0 radical (unpaired) electrons. The van der Waals surface area contributed by atoms with Crippen molar-refractivity contribution >= 4 is 11.8 Å². The molecule has 10 atom stereocenters. The van der Waals surface area contributed by atoms with Crippen LogP contribution in [0.15, 0.2) is 0 Å². The SMILES string of the molecule is C[C@@H]1[C@@H](O)[C@@H](C)C[C@@H](O)C(=O)[C@H](C)[C@@H](O)[C@@H](C)[C@@H](C)OC(=O)[C@H](C)[C@H]1O. The smallest absolute Gasteiger partial charge is 0.311 e. The molecular weight excluding hydrogens is 340 g/mol. The van der Waals surface area contributed by atoms with Gasteiger partial charge in [0.1, 0.15) is 12.2 Å². The third kappa shape index (κ3) is 5.03. The van der Waals surface area contributed by atoms with Crippen LogP contribution in [0.2, 0.25) is 0 Å². The van der Waals surface area contributed by atoms with E-state index in [1.807, 2.05) is 0 Å². The van der Waals surface area contributed by atoms with Crippen molar-refractivity contribution in [3.8, 4) is 0 Å². The van der Waals surface area contributed by atoms with E-state index in [1.165, 1.54) is 13.8 Å². The van der Waals surface area contributed by atoms with Crippen molar-refractivity contribution in [2.45, 2.75) is 78.5 Å². The lowest BCUT2D eigenvalue weighted by Gasteiger charge is -2.35. The highest BCUT2D eigenvalue weighted by atomic mass is 16.5. The second-order valence-corrected chi connectivity index (χ2v) is 8.04. The van der Waals surface area contributed by atoms with Crippen LogP contribution in [0.4, 0.5) is 0 Å². The number of Topliss-reactive ketones (excluding diaryl/α,β-unsaturated/α-hetero) is 1. The van der Waals surface area contributed by atoms with E-state index in [-0.39, 0.29) is 6.42 Å². The summed E-state index contributed by atoms with van der Waals surface area (Å²) >= 11 is 0. The standard InChI is InChI=1S/C19H34O7/c1-8-7-14(20)18(24)11(4)16(22)9(2)13(6)26-19(25)12(5)17(23)10(3)15(8)21/h8-17,20-23H,7H2,1-6H3/t8-,9-,10+,11+,12+,13+,14+,15-,16-,17-/m0/s1. The average molecular weight is 374 g/mol. The molecule has 0 unspecified atom stereocenters. The average Bonchev–Trinajstić information content (AvgIpc) is 2.61. The van der Waals surface area contributed by atoms with Crippen LogP contribution in [-0.2, 0) is 14.3 Å². The lowest BCUT2D eigenvalue weighted by atomic mass is 9.79. The fraction of sp³-hybridized carbons (Fsp3) is 0.895. The Balaban J connectivity index is 3.17. The van der Waals surface area contributed by atoms with Crippen LogP contribution in [0, 0.1) is 29.6 Å². The Bertz CT molecular complexity index is 494. The van der Waals surface area contributed by atoms with Crippen molar-refractivity contribution < 1.29 is 34.8 Å². The molecule has 1 saturated heterocycles. The molecule has 0 aromatic carbocycles. The summed E-state index contributed by atoms with van der Waals surface area (Å²) in [6, 6.07) is 0. The molecule has 0 aromatic heterocycles. The largest absolute Gasteiger partial charge is 0.462 e. The first-order valence-electron chi connectivity index (χ1n) is 9.36. The Morgan fingerprint density at radius 3 is 1.81 bits per heavy atom. The van der Waals surface area contributed by atoms with Gasteiger partial charge in [-0.25, -0.2) is 0 Å². The van der Waals surface area contributed by atoms with Gasteiger partial charge in [-0.2, -0.15) is 0 Å². The molecule has 0 aliphatic carbocycles. The number of carbonyl (C=O) groups excluding carboxylic acids is 2. The minimum absolute atomic E-state index is 0.0108. The van der Waals surface area contributed by atoms with Crippen molar-refractivity contribution in [2.75, 3.05) is 0 Å². The normalized spacial score (nSPS) is 47.2. The lowest BCUT2D eigenvalue weighted by molar-refractivity contribution is -0.165. The first kappa shape index (κ1) is 23.0. The van der Waals surface area contributed by atoms with Gasteiger partial charge in [-0.05, 0) is 26.2 Å². The van der Waals surface area contributed by atoms with E-state index in [2.05, 4.69) is 0 Å². The van der Waals surface area contributed by atoms with Crippen molar-refractivity contribution in [1.82, 2.24) is 0 Å². The van der Waals surface area contributed by atoms with Gasteiger partial charge in [-0.3, -0.25) is 9.59 Å². The van der Waals surface area contributed by atoms with E-state index in [0.717, 1.165) is 0 Å². The van der Waals surface area contributed by atoms with Crippen LogP contribution < -0.4 is 0 Å². The van der Waals surface area contributed by atoms with Gasteiger partial charge in [-0.1, -0.05) is 27.7 Å². The van der Waals surface area contributed by atoms with Crippen molar-refractivity contribution in [2.24, 2.45) is 29.6 Å². The molecule has 1 aliphatic rings. The van der Waals surface area contributed by atoms with Crippen LogP contribution in [-0.4, -0.2) is 62.7 Å². The number of ether oxygens (including phenoxy) is 1. The number of hydrogen-bond acceptors (Lipinski definition) is 7. The monoisotopic (exact) mass is 374 g/mol. The summed E-state index contributed by atoms with van der Waals surface area (Å²) < 4.78 is 5.37. The molecule has 4 N–H and O–H groups in total. The van der Waals surface area contributed by atoms with Gasteiger partial charge in [0.2, 0.25) is 0 Å². The zero-order valence-corrected chi connectivity index (χ0v) is 16.5. The van der Waals surface area contributed by atoms with Crippen LogP contribution in [0.3, 0.4) is 0 Å². The van der Waals surface area contributed by atoms with Crippen LogP contribution in [0.1, 0.15) is 48.0 Å². The fourth-order valence-corrected chi connectivity index (χ4v) is 3.53. The molecule has 1 fully saturated rings. The number of aliphatic hydroxyl groups is 4. The van der Waals surface area contributed by atoms with E-state index in [9.17, 15) is 30.0 Å². The molecule has 1 rings (SSSR count). The molecule has 1 aliphatic heterocycles. The third-order valence-electron chi connectivity index (χ3n) is 6.01. The van der Waals surface area contributed by atoms with E-state index < -0.39 is 71.9 Å². The van der Waals surface area contributed by atoms with Crippen LogP contribution in [0.5, 0.6) is 0 Å². The molecule has 26 heavy (non-hydrogen) atoms. The highest BCUT2D eigenvalue weighted by Gasteiger charge is 2.39. The summed E-state index contributed by atoms with van der Waals surface area (Å²) in [5, 5.41) is 41.6. The van der Waals surface area contributed by atoms with Gasteiger partial charge >= 0.3 is 5.97 Å². The minimum atomic E-state index is -1.32. The van der Waals surface area contributed by atoms with E-state index in [4.69, 9.17) is 4.74 Å². The number of cyclic esters (lactones) is 1.